The van der Waals surface area contributed by atoms with Crippen molar-refractivity contribution in [2.24, 2.45) is 0 Å². The minimum Gasteiger partial charge on any atom is -0.344 e. The van der Waals surface area contributed by atoms with Crippen molar-refractivity contribution in [2.75, 3.05) is 20.6 Å². The van der Waals surface area contributed by atoms with Crippen molar-refractivity contribution in [3.05, 3.63) is 53.6 Å². The molecule has 26 heavy (non-hydrogen) atoms. The summed E-state index contributed by atoms with van der Waals surface area (Å²) in [5.41, 5.74) is 1.34. The van der Waals surface area contributed by atoms with Gasteiger partial charge < -0.3 is 10.2 Å². The van der Waals surface area contributed by atoms with E-state index in [0.717, 1.165) is 31.4 Å². The zero-order valence-electron chi connectivity index (χ0n) is 15.5. The highest BCUT2D eigenvalue weighted by Crippen LogP contribution is 2.28. The zero-order chi connectivity index (χ0) is 18.5. The maximum absolute atomic E-state index is 13.2. The number of hydrogen-bond acceptors (Lipinski definition) is 3. The van der Waals surface area contributed by atoms with Crippen molar-refractivity contribution in [3.63, 3.8) is 0 Å². The van der Waals surface area contributed by atoms with Gasteiger partial charge in [0.15, 0.2) is 0 Å². The van der Waals surface area contributed by atoms with Crippen LogP contribution in [0.1, 0.15) is 60.2 Å². The van der Waals surface area contributed by atoms with Crippen molar-refractivity contribution in [3.8, 4) is 0 Å². The molecule has 3 rings (SSSR count). The number of halogens is 1. The summed E-state index contributed by atoms with van der Waals surface area (Å²) in [5, 5.41) is 7.55. The second-order valence-corrected chi connectivity index (χ2v) is 7.29. The highest BCUT2D eigenvalue weighted by atomic mass is 19.1. The predicted molar refractivity (Wildman–Crippen MR) is 99.5 cm³/mol. The molecule has 1 N–H and O–H groups in total. The summed E-state index contributed by atoms with van der Waals surface area (Å²) in [4.78, 5) is 14.8. The van der Waals surface area contributed by atoms with Crippen LogP contribution in [0.5, 0.6) is 0 Å². The minimum atomic E-state index is -0.276. The maximum atomic E-state index is 13.2. The maximum Gasteiger partial charge on any atom is 0.272 e. The zero-order valence-corrected chi connectivity index (χ0v) is 15.5. The molecular formula is C20H27FN4O. The summed E-state index contributed by atoms with van der Waals surface area (Å²) in [5.74, 6) is -0.462. The van der Waals surface area contributed by atoms with Crippen LogP contribution in [0.25, 0.3) is 0 Å². The summed E-state index contributed by atoms with van der Waals surface area (Å²) in [6, 6.07) is 8.33. The molecule has 1 aromatic carbocycles. The molecule has 1 atom stereocenters. The summed E-state index contributed by atoms with van der Waals surface area (Å²) >= 11 is 0. The normalized spacial score (nSPS) is 16.2. The Morgan fingerprint density at radius 2 is 1.96 bits per heavy atom. The lowest BCUT2D eigenvalue weighted by Crippen LogP contribution is -2.31. The van der Waals surface area contributed by atoms with Crippen LogP contribution in [0, 0.1) is 5.82 Å². The molecule has 1 fully saturated rings. The molecule has 0 aliphatic heterocycles. The molecule has 0 saturated heterocycles. The second kappa shape index (κ2) is 8.45. The molecule has 5 nitrogen and oxygen atoms in total. The summed E-state index contributed by atoms with van der Waals surface area (Å²) in [6.07, 6.45) is 7.35. The number of amides is 1. The Hall–Kier alpha value is -2.21. The first-order chi connectivity index (χ1) is 12.5. The van der Waals surface area contributed by atoms with Gasteiger partial charge in [0, 0.05) is 6.20 Å². The van der Waals surface area contributed by atoms with E-state index in [1.807, 2.05) is 25.0 Å². The third-order valence-corrected chi connectivity index (χ3v) is 4.98. The van der Waals surface area contributed by atoms with E-state index in [1.165, 1.54) is 25.0 Å². The Morgan fingerprint density at radius 1 is 1.27 bits per heavy atom. The fraction of sp³-hybridized carbons (Fsp3) is 0.500. The van der Waals surface area contributed by atoms with Gasteiger partial charge in [-0.15, -0.1) is 0 Å². The van der Waals surface area contributed by atoms with Gasteiger partial charge in [0.05, 0.1) is 12.1 Å². The molecule has 1 aliphatic rings. The molecule has 1 saturated carbocycles. The van der Waals surface area contributed by atoms with E-state index in [0.29, 0.717) is 11.7 Å². The van der Waals surface area contributed by atoms with E-state index in [4.69, 9.17) is 0 Å². The third-order valence-electron chi connectivity index (χ3n) is 4.98. The van der Waals surface area contributed by atoms with Gasteiger partial charge in [-0.05, 0) is 63.7 Å². The third kappa shape index (κ3) is 4.69. The number of nitrogens with zero attached hydrogens (tertiary/aromatic N) is 3. The molecule has 1 unspecified atom stereocenters. The largest absolute Gasteiger partial charge is 0.344 e. The Labute approximate surface area is 154 Å². The standard InChI is InChI=1S/C20H27FN4O/c1-24(2)13-11-18(15-7-9-16(21)10-8-15)22-20(26)19-12-14-25(23-19)17-5-3-4-6-17/h7-10,12,14,17-18H,3-6,11,13H2,1-2H3,(H,22,26). The fourth-order valence-electron chi connectivity index (χ4n) is 3.47. The smallest absolute Gasteiger partial charge is 0.272 e. The van der Waals surface area contributed by atoms with Gasteiger partial charge in [0.1, 0.15) is 11.5 Å². The molecule has 0 bridgehead atoms. The summed E-state index contributed by atoms with van der Waals surface area (Å²) in [6.45, 7) is 0.818. The van der Waals surface area contributed by atoms with Crippen LogP contribution < -0.4 is 5.32 Å². The Morgan fingerprint density at radius 3 is 2.62 bits per heavy atom. The summed E-state index contributed by atoms with van der Waals surface area (Å²) in [7, 11) is 3.99. The molecule has 6 heteroatoms. The van der Waals surface area contributed by atoms with Crippen LogP contribution >= 0.6 is 0 Å². The minimum absolute atomic E-state index is 0.179. The van der Waals surface area contributed by atoms with Gasteiger partial charge >= 0.3 is 0 Å². The first-order valence-electron chi connectivity index (χ1n) is 9.29. The number of rotatable bonds is 7. The average molecular weight is 358 g/mol. The van der Waals surface area contributed by atoms with E-state index in [2.05, 4.69) is 15.3 Å². The van der Waals surface area contributed by atoms with Gasteiger partial charge in [0.25, 0.3) is 5.91 Å². The molecule has 1 amide bonds. The van der Waals surface area contributed by atoms with E-state index in [1.54, 1.807) is 18.2 Å². The lowest BCUT2D eigenvalue weighted by Gasteiger charge is -2.21. The molecule has 0 radical (unpaired) electrons. The number of benzene rings is 1. The highest BCUT2D eigenvalue weighted by Gasteiger charge is 2.21. The van der Waals surface area contributed by atoms with Gasteiger partial charge in [0.2, 0.25) is 0 Å². The van der Waals surface area contributed by atoms with Crippen LogP contribution in [0.4, 0.5) is 4.39 Å². The first-order valence-corrected chi connectivity index (χ1v) is 9.29. The SMILES string of the molecule is CN(C)CCC(NC(=O)c1ccn(C2CCCC2)n1)c1ccc(F)cc1. The monoisotopic (exact) mass is 358 g/mol. The lowest BCUT2D eigenvalue weighted by atomic mass is 10.0. The quantitative estimate of drug-likeness (QED) is 0.823. The van der Waals surface area contributed by atoms with E-state index in [9.17, 15) is 9.18 Å². The number of carbonyl (C=O) groups excluding carboxylic acids is 1. The van der Waals surface area contributed by atoms with Gasteiger partial charge in [-0.25, -0.2) is 4.39 Å². The number of nitrogens with one attached hydrogen (secondary N) is 1. The van der Waals surface area contributed by atoms with Crippen LogP contribution in [0.15, 0.2) is 36.5 Å². The van der Waals surface area contributed by atoms with Crippen molar-refractivity contribution >= 4 is 5.91 Å². The van der Waals surface area contributed by atoms with E-state index >= 15 is 0 Å². The number of carbonyl (C=O) groups is 1. The van der Waals surface area contributed by atoms with Crippen LogP contribution in [-0.4, -0.2) is 41.2 Å². The van der Waals surface area contributed by atoms with Gasteiger partial charge in [-0.2, -0.15) is 5.10 Å². The molecule has 0 spiro atoms. The van der Waals surface area contributed by atoms with Crippen molar-refractivity contribution in [1.82, 2.24) is 20.0 Å². The van der Waals surface area contributed by atoms with Crippen LogP contribution in [0.3, 0.4) is 0 Å². The Kier molecular flexibility index (Phi) is 6.04. The van der Waals surface area contributed by atoms with E-state index < -0.39 is 0 Å². The fourth-order valence-corrected chi connectivity index (χ4v) is 3.47. The molecule has 1 heterocycles. The summed E-state index contributed by atoms with van der Waals surface area (Å²) < 4.78 is 15.2. The molecular weight excluding hydrogens is 331 g/mol. The molecule has 2 aromatic rings. The number of hydrogen-bond donors (Lipinski definition) is 1. The number of aromatic nitrogens is 2. The van der Waals surface area contributed by atoms with E-state index in [-0.39, 0.29) is 17.8 Å². The Balaban J connectivity index is 1.70. The van der Waals surface area contributed by atoms with Crippen LogP contribution in [0.2, 0.25) is 0 Å². The topological polar surface area (TPSA) is 50.2 Å². The molecule has 140 valence electrons. The van der Waals surface area contributed by atoms with Crippen molar-refractivity contribution in [1.29, 1.82) is 0 Å². The molecule has 1 aliphatic carbocycles. The van der Waals surface area contributed by atoms with Crippen LogP contribution in [-0.2, 0) is 0 Å². The van der Waals surface area contributed by atoms with Crippen molar-refractivity contribution in [2.45, 2.75) is 44.2 Å². The van der Waals surface area contributed by atoms with Gasteiger partial charge in [-0.3, -0.25) is 9.48 Å². The van der Waals surface area contributed by atoms with Crippen molar-refractivity contribution < 1.29 is 9.18 Å². The second-order valence-electron chi connectivity index (χ2n) is 7.29. The average Bonchev–Trinajstić information content (AvgIpc) is 3.30. The molecule has 1 aromatic heterocycles. The predicted octanol–water partition coefficient (Wildman–Crippen LogP) is 3.56. The first kappa shape index (κ1) is 18.6. The Bertz CT molecular complexity index is 720. The van der Waals surface area contributed by atoms with Gasteiger partial charge in [-0.1, -0.05) is 25.0 Å². The highest BCUT2D eigenvalue weighted by molar-refractivity contribution is 5.92. The lowest BCUT2D eigenvalue weighted by molar-refractivity contribution is 0.0926.